The molecule has 1 heteroatoms. The second-order valence-electron chi connectivity index (χ2n) is 14.3. The summed E-state index contributed by atoms with van der Waals surface area (Å²) in [5.74, 6) is 1.48. The zero-order valence-electron chi connectivity index (χ0n) is 29.3. The van der Waals surface area contributed by atoms with Crippen molar-refractivity contribution < 1.29 is 4.74 Å². The van der Waals surface area contributed by atoms with Crippen LogP contribution in [0.2, 0.25) is 0 Å². The lowest BCUT2D eigenvalue weighted by Gasteiger charge is -2.22. The Balaban J connectivity index is 0.903. The molecule has 0 amide bonds. The van der Waals surface area contributed by atoms with E-state index in [-0.39, 0.29) is 0 Å². The molecule has 0 saturated carbocycles. The summed E-state index contributed by atoms with van der Waals surface area (Å²) in [5.41, 5.74) is 9.52. The largest absolute Gasteiger partial charge is 0.381 e. The Hall–Kier alpha value is -2.12. The van der Waals surface area contributed by atoms with Crippen molar-refractivity contribution in [3.63, 3.8) is 0 Å². The van der Waals surface area contributed by atoms with Gasteiger partial charge in [0.25, 0.3) is 0 Å². The minimum atomic E-state index is 0.738. The lowest BCUT2D eigenvalue weighted by atomic mass is 9.83. The monoisotopic (exact) mass is 611 g/mol. The van der Waals surface area contributed by atoms with Crippen molar-refractivity contribution in [2.45, 2.75) is 167 Å². The Morgan fingerprint density at radius 3 is 1.27 bits per heavy atom. The topological polar surface area (TPSA) is 9.23 Å². The van der Waals surface area contributed by atoms with Gasteiger partial charge in [-0.2, -0.15) is 0 Å². The van der Waals surface area contributed by atoms with E-state index in [9.17, 15) is 0 Å². The molecule has 2 unspecified atom stereocenters. The van der Waals surface area contributed by atoms with Crippen LogP contribution in [0.1, 0.15) is 176 Å². The van der Waals surface area contributed by atoms with Crippen LogP contribution in [-0.4, -0.2) is 13.2 Å². The van der Waals surface area contributed by atoms with E-state index in [2.05, 4.69) is 74.5 Å². The van der Waals surface area contributed by atoms with Gasteiger partial charge in [0.2, 0.25) is 0 Å². The summed E-state index contributed by atoms with van der Waals surface area (Å²) >= 11 is 0. The fourth-order valence-electron chi connectivity index (χ4n) is 7.60. The zero-order chi connectivity index (χ0) is 31.4. The van der Waals surface area contributed by atoms with E-state index in [1.807, 2.05) is 0 Å². The quantitative estimate of drug-likeness (QED) is 0.0952. The van der Waals surface area contributed by atoms with Gasteiger partial charge in [0, 0.05) is 13.2 Å². The molecule has 0 aromatic heterocycles. The van der Waals surface area contributed by atoms with E-state index in [1.54, 1.807) is 22.3 Å². The van der Waals surface area contributed by atoms with E-state index in [4.69, 9.17) is 4.74 Å². The van der Waals surface area contributed by atoms with Crippen molar-refractivity contribution in [2.75, 3.05) is 13.2 Å². The van der Waals surface area contributed by atoms with Crippen molar-refractivity contribution >= 4 is 0 Å². The third-order valence-electron chi connectivity index (χ3n) is 10.6. The highest BCUT2D eigenvalue weighted by atomic mass is 16.5. The molecule has 2 aromatic rings. The Labute approximate surface area is 278 Å². The Kier molecular flexibility index (Phi) is 17.2. The molecule has 0 N–H and O–H groups in total. The standard InChI is InChI=1S/C44H66O/c1-3-15-37-19-27-41(28-20-37)43-31-23-39(24-32-43)17-11-7-5-9-13-35-45-36-14-10-6-8-12-18-40-25-33-44(34-26-40)42-29-21-38(16-4-2)22-30-42/h19-23,25,27-30,43-44H,3-18,24,26,31-36H2,1-2H3. The van der Waals surface area contributed by atoms with Gasteiger partial charge in [0.15, 0.2) is 0 Å². The van der Waals surface area contributed by atoms with Crippen molar-refractivity contribution in [3.05, 3.63) is 94.1 Å². The molecule has 2 atom stereocenters. The Bertz CT molecular complexity index is 1020. The highest BCUT2D eigenvalue weighted by molar-refractivity contribution is 5.29. The first-order chi connectivity index (χ1) is 22.2. The van der Waals surface area contributed by atoms with Crippen LogP contribution in [0.4, 0.5) is 0 Å². The first kappa shape index (κ1) is 35.7. The number of allylic oxidation sites excluding steroid dienone is 4. The molecule has 1 nitrogen and oxygen atoms in total. The number of benzene rings is 2. The molecule has 2 aliphatic rings. The molecular formula is C44H66O. The van der Waals surface area contributed by atoms with Gasteiger partial charge in [-0.25, -0.2) is 0 Å². The molecule has 2 aromatic carbocycles. The molecule has 0 bridgehead atoms. The fraction of sp³-hybridized carbons (Fsp3) is 0.636. The number of hydrogen-bond donors (Lipinski definition) is 0. The van der Waals surface area contributed by atoms with Crippen LogP contribution in [0, 0.1) is 0 Å². The smallest absolute Gasteiger partial charge is 0.0466 e. The average Bonchev–Trinajstić information content (AvgIpc) is 3.08. The van der Waals surface area contributed by atoms with E-state index in [1.165, 1.54) is 152 Å². The first-order valence-electron chi connectivity index (χ1n) is 19.4. The van der Waals surface area contributed by atoms with Gasteiger partial charge in [0.1, 0.15) is 0 Å². The van der Waals surface area contributed by atoms with Crippen LogP contribution < -0.4 is 0 Å². The maximum absolute atomic E-state index is 5.95. The maximum Gasteiger partial charge on any atom is 0.0466 e. The predicted octanol–water partition coefficient (Wildman–Crippen LogP) is 13.4. The highest BCUT2D eigenvalue weighted by Gasteiger charge is 2.17. The van der Waals surface area contributed by atoms with E-state index >= 15 is 0 Å². The summed E-state index contributed by atoms with van der Waals surface area (Å²) in [4.78, 5) is 0. The normalized spacial score (nSPS) is 18.5. The van der Waals surface area contributed by atoms with Gasteiger partial charge >= 0.3 is 0 Å². The number of hydrogen-bond acceptors (Lipinski definition) is 1. The molecule has 0 heterocycles. The molecule has 0 saturated heterocycles. The van der Waals surface area contributed by atoms with Crippen LogP contribution in [0.3, 0.4) is 0 Å². The minimum absolute atomic E-state index is 0.738. The van der Waals surface area contributed by atoms with Gasteiger partial charge in [-0.1, -0.05) is 137 Å². The first-order valence-corrected chi connectivity index (χ1v) is 19.4. The van der Waals surface area contributed by atoms with Crippen LogP contribution in [0.15, 0.2) is 71.8 Å². The summed E-state index contributed by atoms with van der Waals surface area (Å²) < 4.78 is 5.95. The summed E-state index contributed by atoms with van der Waals surface area (Å²) in [7, 11) is 0. The van der Waals surface area contributed by atoms with E-state index in [0.717, 1.165) is 25.0 Å². The van der Waals surface area contributed by atoms with Crippen molar-refractivity contribution in [2.24, 2.45) is 0 Å². The number of aryl methyl sites for hydroxylation is 2. The van der Waals surface area contributed by atoms with Gasteiger partial charge in [-0.3, -0.25) is 0 Å². The molecular weight excluding hydrogens is 544 g/mol. The Morgan fingerprint density at radius 1 is 0.489 bits per heavy atom. The summed E-state index contributed by atoms with van der Waals surface area (Å²) in [6.07, 6.45) is 33.8. The second kappa shape index (κ2) is 21.6. The predicted molar refractivity (Wildman–Crippen MR) is 196 cm³/mol. The lowest BCUT2D eigenvalue weighted by molar-refractivity contribution is 0.125. The zero-order valence-corrected chi connectivity index (χ0v) is 29.3. The second-order valence-corrected chi connectivity index (χ2v) is 14.3. The molecule has 45 heavy (non-hydrogen) atoms. The molecule has 0 aliphatic heterocycles. The van der Waals surface area contributed by atoms with Gasteiger partial charge in [-0.05, 0) is 124 Å². The van der Waals surface area contributed by atoms with Crippen LogP contribution in [0.25, 0.3) is 0 Å². The number of rotatable bonds is 22. The van der Waals surface area contributed by atoms with Crippen molar-refractivity contribution in [1.82, 2.24) is 0 Å². The molecule has 0 radical (unpaired) electrons. The molecule has 2 aliphatic carbocycles. The molecule has 0 fully saturated rings. The number of ether oxygens (including phenoxy) is 1. The van der Waals surface area contributed by atoms with Gasteiger partial charge < -0.3 is 4.74 Å². The number of unbranched alkanes of at least 4 members (excludes halogenated alkanes) is 8. The molecule has 0 spiro atoms. The van der Waals surface area contributed by atoms with Gasteiger partial charge in [-0.15, -0.1) is 0 Å². The van der Waals surface area contributed by atoms with E-state index < -0.39 is 0 Å². The van der Waals surface area contributed by atoms with Crippen LogP contribution in [-0.2, 0) is 17.6 Å². The van der Waals surface area contributed by atoms with Crippen molar-refractivity contribution in [1.29, 1.82) is 0 Å². The van der Waals surface area contributed by atoms with Gasteiger partial charge in [0.05, 0.1) is 0 Å². The third-order valence-corrected chi connectivity index (χ3v) is 10.6. The Morgan fingerprint density at radius 2 is 0.889 bits per heavy atom. The van der Waals surface area contributed by atoms with E-state index in [0.29, 0.717) is 0 Å². The summed E-state index contributed by atoms with van der Waals surface area (Å²) in [6.45, 7) is 6.45. The SMILES string of the molecule is CCCc1ccc(C2CC=C(CCCCCCCOCCCCCCCC3=CCC(c4ccc(CCC)cc4)CC3)CC2)cc1. The van der Waals surface area contributed by atoms with Crippen LogP contribution >= 0.6 is 0 Å². The van der Waals surface area contributed by atoms with Crippen molar-refractivity contribution in [3.8, 4) is 0 Å². The summed E-state index contributed by atoms with van der Waals surface area (Å²) in [6, 6.07) is 19.0. The van der Waals surface area contributed by atoms with Crippen LogP contribution in [0.5, 0.6) is 0 Å². The lowest BCUT2D eigenvalue weighted by Crippen LogP contribution is -2.04. The molecule has 4 rings (SSSR count). The fourth-order valence-corrected chi connectivity index (χ4v) is 7.60. The average molecular weight is 611 g/mol. The molecule has 248 valence electrons. The maximum atomic E-state index is 5.95. The third kappa shape index (κ3) is 13.6. The highest BCUT2D eigenvalue weighted by Crippen LogP contribution is 2.35. The minimum Gasteiger partial charge on any atom is -0.381 e. The summed E-state index contributed by atoms with van der Waals surface area (Å²) in [5, 5.41) is 0.